The first-order valence-electron chi connectivity index (χ1n) is 7.29. The van der Waals surface area contributed by atoms with E-state index in [2.05, 4.69) is 23.2 Å². The van der Waals surface area contributed by atoms with E-state index >= 15 is 0 Å². The van der Waals surface area contributed by atoms with E-state index in [1.54, 1.807) is 0 Å². The molecule has 2 fully saturated rings. The molecule has 18 heavy (non-hydrogen) atoms. The number of ether oxygens (including phenoxy) is 1. The Kier molecular flexibility index (Phi) is 4.99. The summed E-state index contributed by atoms with van der Waals surface area (Å²) in [5.41, 5.74) is -0.274. The molecule has 0 spiro atoms. The molecule has 2 rings (SSSR count). The Balaban J connectivity index is 2.06. The van der Waals surface area contributed by atoms with E-state index in [-0.39, 0.29) is 11.6 Å². The van der Waals surface area contributed by atoms with Gasteiger partial charge in [0.2, 0.25) is 0 Å². The maximum absolute atomic E-state index is 9.70. The van der Waals surface area contributed by atoms with E-state index < -0.39 is 0 Å². The Morgan fingerprint density at radius 2 is 2.33 bits per heavy atom. The van der Waals surface area contributed by atoms with Gasteiger partial charge in [0.15, 0.2) is 0 Å². The first-order chi connectivity index (χ1) is 8.80. The molecule has 2 saturated heterocycles. The number of nitriles is 1. The van der Waals surface area contributed by atoms with Gasteiger partial charge in [-0.05, 0) is 19.4 Å². The fraction of sp³-hybridized carbons (Fsp3) is 0.929. The van der Waals surface area contributed by atoms with Crippen molar-refractivity contribution in [1.29, 1.82) is 5.26 Å². The molecular formula is C14H25N3O. The summed E-state index contributed by atoms with van der Waals surface area (Å²) in [6.45, 7) is 7.03. The lowest BCUT2D eigenvalue weighted by Crippen LogP contribution is -2.54. The van der Waals surface area contributed by atoms with Crippen molar-refractivity contribution in [3.05, 3.63) is 0 Å². The third-order valence-electron chi connectivity index (χ3n) is 4.20. The first-order valence-corrected chi connectivity index (χ1v) is 7.29. The standard InChI is InChI=1S/C14H25N3O/c1-2-4-13-11-14(12-15,5-10-18-13)17-8-3-6-16-7-9-17/h13,16H,2-11H2,1H3. The Labute approximate surface area is 110 Å². The molecule has 0 aromatic carbocycles. The summed E-state index contributed by atoms with van der Waals surface area (Å²) in [5.74, 6) is 0. The van der Waals surface area contributed by atoms with E-state index in [0.29, 0.717) is 0 Å². The molecule has 0 aliphatic carbocycles. The second-order valence-corrected chi connectivity index (χ2v) is 5.47. The molecule has 0 amide bonds. The fourth-order valence-electron chi connectivity index (χ4n) is 3.17. The zero-order valence-electron chi connectivity index (χ0n) is 11.5. The summed E-state index contributed by atoms with van der Waals surface area (Å²) >= 11 is 0. The number of rotatable bonds is 3. The van der Waals surface area contributed by atoms with Crippen molar-refractivity contribution < 1.29 is 4.74 Å². The minimum atomic E-state index is -0.274. The first kappa shape index (κ1) is 13.8. The van der Waals surface area contributed by atoms with E-state index in [4.69, 9.17) is 4.74 Å². The summed E-state index contributed by atoms with van der Waals surface area (Å²) < 4.78 is 5.80. The summed E-state index contributed by atoms with van der Waals surface area (Å²) in [6, 6.07) is 2.62. The van der Waals surface area contributed by atoms with Crippen molar-refractivity contribution >= 4 is 0 Å². The summed E-state index contributed by atoms with van der Waals surface area (Å²) in [5, 5.41) is 13.1. The van der Waals surface area contributed by atoms with Gasteiger partial charge in [0.25, 0.3) is 0 Å². The quantitative estimate of drug-likeness (QED) is 0.826. The van der Waals surface area contributed by atoms with E-state index in [1.165, 1.54) is 0 Å². The van der Waals surface area contributed by atoms with Crippen LogP contribution in [0.2, 0.25) is 0 Å². The molecule has 0 aromatic rings. The van der Waals surface area contributed by atoms with Crippen LogP contribution in [0.15, 0.2) is 0 Å². The second-order valence-electron chi connectivity index (χ2n) is 5.47. The van der Waals surface area contributed by atoms with Crippen molar-refractivity contribution in [2.75, 3.05) is 32.8 Å². The van der Waals surface area contributed by atoms with Crippen LogP contribution in [0, 0.1) is 11.3 Å². The van der Waals surface area contributed by atoms with Crippen molar-refractivity contribution in [3.8, 4) is 6.07 Å². The minimum Gasteiger partial charge on any atom is -0.378 e. The number of hydrogen-bond acceptors (Lipinski definition) is 4. The molecule has 2 heterocycles. The summed E-state index contributed by atoms with van der Waals surface area (Å²) in [6.07, 6.45) is 5.38. The van der Waals surface area contributed by atoms with Crippen LogP contribution in [0.4, 0.5) is 0 Å². The maximum Gasteiger partial charge on any atom is 0.113 e. The van der Waals surface area contributed by atoms with Crippen LogP contribution in [0.1, 0.15) is 39.0 Å². The van der Waals surface area contributed by atoms with Gasteiger partial charge in [-0.25, -0.2) is 0 Å². The normalized spacial score (nSPS) is 34.8. The highest BCUT2D eigenvalue weighted by Gasteiger charge is 2.41. The van der Waals surface area contributed by atoms with E-state index in [1.807, 2.05) is 0 Å². The van der Waals surface area contributed by atoms with Crippen molar-refractivity contribution in [1.82, 2.24) is 10.2 Å². The molecule has 4 nitrogen and oxygen atoms in total. The Hall–Kier alpha value is -0.630. The predicted molar refractivity (Wildman–Crippen MR) is 71.3 cm³/mol. The van der Waals surface area contributed by atoms with Crippen LogP contribution >= 0.6 is 0 Å². The molecule has 0 bridgehead atoms. The van der Waals surface area contributed by atoms with Gasteiger partial charge in [-0.1, -0.05) is 13.3 Å². The van der Waals surface area contributed by atoms with Gasteiger partial charge in [0.1, 0.15) is 5.54 Å². The SMILES string of the molecule is CCCC1CC(C#N)(N2CCCNCC2)CCO1. The highest BCUT2D eigenvalue weighted by atomic mass is 16.5. The molecule has 0 radical (unpaired) electrons. The van der Waals surface area contributed by atoms with Crippen molar-refractivity contribution in [3.63, 3.8) is 0 Å². The van der Waals surface area contributed by atoms with Gasteiger partial charge < -0.3 is 10.1 Å². The summed E-state index contributed by atoms with van der Waals surface area (Å²) in [4.78, 5) is 2.40. The summed E-state index contributed by atoms with van der Waals surface area (Å²) in [7, 11) is 0. The monoisotopic (exact) mass is 251 g/mol. The van der Waals surface area contributed by atoms with Gasteiger partial charge in [0, 0.05) is 39.1 Å². The van der Waals surface area contributed by atoms with Gasteiger partial charge in [-0.3, -0.25) is 4.90 Å². The van der Waals surface area contributed by atoms with E-state index in [9.17, 15) is 5.26 Å². The zero-order valence-corrected chi connectivity index (χ0v) is 11.5. The minimum absolute atomic E-state index is 0.274. The third-order valence-corrected chi connectivity index (χ3v) is 4.20. The van der Waals surface area contributed by atoms with Crippen LogP contribution in [0.5, 0.6) is 0 Å². The lowest BCUT2D eigenvalue weighted by atomic mass is 9.84. The van der Waals surface area contributed by atoms with Crippen LogP contribution in [0.3, 0.4) is 0 Å². The average Bonchev–Trinajstić information content (AvgIpc) is 2.68. The molecule has 2 aliphatic rings. The number of nitrogens with one attached hydrogen (secondary N) is 1. The van der Waals surface area contributed by atoms with Crippen LogP contribution < -0.4 is 5.32 Å². The highest BCUT2D eigenvalue weighted by Crippen LogP contribution is 2.32. The topological polar surface area (TPSA) is 48.3 Å². The maximum atomic E-state index is 9.70. The number of nitrogens with zero attached hydrogens (tertiary/aromatic N) is 2. The van der Waals surface area contributed by atoms with Gasteiger partial charge >= 0.3 is 0 Å². The Bertz CT molecular complexity index is 292. The lowest BCUT2D eigenvalue weighted by Gasteiger charge is -2.43. The van der Waals surface area contributed by atoms with E-state index in [0.717, 1.165) is 64.9 Å². The van der Waals surface area contributed by atoms with Crippen LogP contribution in [0.25, 0.3) is 0 Å². The average molecular weight is 251 g/mol. The third kappa shape index (κ3) is 3.03. The molecule has 0 saturated carbocycles. The molecule has 0 aromatic heterocycles. The zero-order chi connectivity index (χ0) is 12.8. The van der Waals surface area contributed by atoms with Crippen molar-refractivity contribution in [2.45, 2.75) is 50.7 Å². The predicted octanol–water partition coefficient (Wildman–Crippen LogP) is 1.52. The van der Waals surface area contributed by atoms with Crippen LogP contribution in [-0.4, -0.2) is 49.3 Å². The number of hydrogen-bond donors (Lipinski definition) is 1. The van der Waals surface area contributed by atoms with Crippen LogP contribution in [-0.2, 0) is 4.74 Å². The molecule has 2 atom stereocenters. The smallest absolute Gasteiger partial charge is 0.113 e. The Morgan fingerprint density at radius 1 is 1.44 bits per heavy atom. The molecule has 102 valence electrons. The molecule has 4 heteroatoms. The lowest BCUT2D eigenvalue weighted by molar-refractivity contribution is -0.0540. The molecule has 2 aliphatic heterocycles. The Morgan fingerprint density at radius 3 is 3.11 bits per heavy atom. The van der Waals surface area contributed by atoms with Gasteiger partial charge in [0.05, 0.1) is 12.2 Å². The molecule has 1 N–H and O–H groups in total. The fourth-order valence-corrected chi connectivity index (χ4v) is 3.17. The molecule has 2 unspecified atom stereocenters. The van der Waals surface area contributed by atoms with Gasteiger partial charge in [-0.15, -0.1) is 0 Å². The second kappa shape index (κ2) is 6.51. The molecular weight excluding hydrogens is 226 g/mol. The van der Waals surface area contributed by atoms with Gasteiger partial charge in [-0.2, -0.15) is 5.26 Å². The highest BCUT2D eigenvalue weighted by molar-refractivity contribution is 5.11. The largest absolute Gasteiger partial charge is 0.378 e. The van der Waals surface area contributed by atoms with Crippen molar-refractivity contribution in [2.24, 2.45) is 0 Å².